The summed E-state index contributed by atoms with van der Waals surface area (Å²) in [5.74, 6) is -0.567. The van der Waals surface area contributed by atoms with Crippen LogP contribution in [0, 0.1) is 0 Å². The van der Waals surface area contributed by atoms with Gasteiger partial charge in [-0.1, -0.05) is 0 Å². The topological polar surface area (TPSA) is 75.3 Å². The number of fused-ring (bicyclic) bond motifs is 1. The van der Waals surface area contributed by atoms with Gasteiger partial charge >= 0.3 is 0 Å². The van der Waals surface area contributed by atoms with Crippen LogP contribution < -0.4 is 10.0 Å². The second-order valence-corrected chi connectivity index (χ2v) is 4.55. The van der Waals surface area contributed by atoms with E-state index in [2.05, 4.69) is 5.32 Å². The second-order valence-electron chi connectivity index (χ2n) is 2.90. The van der Waals surface area contributed by atoms with E-state index in [0.717, 1.165) is 0 Å². The summed E-state index contributed by atoms with van der Waals surface area (Å²) in [6.45, 7) is 0. The van der Waals surface area contributed by atoms with Crippen LogP contribution >= 0.6 is 0 Å². The first-order valence-electron chi connectivity index (χ1n) is 3.93. The maximum absolute atomic E-state index is 11.4. The molecule has 0 atom stereocenters. The van der Waals surface area contributed by atoms with Gasteiger partial charge in [-0.05, 0) is 18.2 Å². The third kappa shape index (κ3) is 1.15. The highest BCUT2D eigenvalue weighted by Gasteiger charge is 2.32. The third-order valence-electron chi connectivity index (χ3n) is 2.03. The van der Waals surface area contributed by atoms with Gasteiger partial charge in [0.1, 0.15) is 4.90 Å². The lowest BCUT2D eigenvalue weighted by molar-refractivity contribution is 0.0985. The number of amides is 1. The molecule has 0 aliphatic carbocycles. The van der Waals surface area contributed by atoms with E-state index in [1.807, 2.05) is 4.72 Å². The summed E-state index contributed by atoms with van der Waals surface area (Å²) in [6.07, 6.45) is 0. The molecule has 1 aliphatic rings. The Kier molecular flexibility index (Phi) is 1.75. The third-order valence-corrected chi connectivity index (χ3v) is 3.40. The molecule has 1 amide bonds. The predicted octanol–water partition coefficient (Wildman–Crippen LogP) is 0.160. The lowest BCUT2D eigenvalue weighted by Gasteiger charge is -2.00. The van der Waals surface area contributed by atoms with Crippen molar-refractivity contribution < 1.29 is 13.2 Å². The van der Waals surface area contributed by atoms with Crippen molar-refractivity contribution in [1.82, 2.24) is 4.72 Å². The van der Waals surface area contributed by atoms with E-state index in [-0.39, 0.29) is 10.5 Å². The normalized spacial score (nSPS) is 17.4. The molecular weight excluding hydrogens is 204 g/mol. The molecule has 0 bridgehead atoms. The summed E-state index contributed by atoms with van der Waals surface area (Å²) in [6, 6.07) is 4.57. The maximum Gasteiger partial charge on any atom is 0.266 e. The zero-order valence-corrected chi connectivity index (χ0v) is 8.18. The average molecular weight is 212 g/mol. The Morgan fingerprint density at radius 3 is 2.71 bits per heavy atom. The van der Waals surface area contributed by atoms with Crippen molar-refractivity contribution in [2.45, 2.75) is 4.90 Å². The van der Waals surface area contributed by atoms with Gasteiger partial charge in [0, 0.05) is 12.7 Å². The summed E-state index contributed by atoms with van der Waals surface area (Å²) >= 11 is 0. The number of benzene rings is 1. The van der Waals surface area contributed by atoms with Gasteiger partial charge in [0.25, 0.3) is 15.9 Å². The standard InChI is InChI=1S/C8H8N2O3S/c1-9-5-2-3-6-7(4-5)14(12,13)10-8(6)11/h2-4,9H,1H3,(H,10,11). The summed E-state index contributed by atoms with van der Waals surface area (Å²) in [5, 5.41) is 2.81. The van der Waals surface area contributed by atoms with Crippen LogP contribution in [0.3, 0.4) is 0 Å². The number of carbonyl (C=O) groups excluding carboxylic acids is 1. The highest BCUT2D eigenvalue weighted by atomic mass is 32.2. The lowest BCUT2D eigenvalue weighted by atomic mass is 10.2. The van der Waals surface area contributed by atoms with E-state index in [0.29, 0.717) is 5.69 Å². The SMILES string of the molecule is CNc1ccc2c(c1)S(=O)(=O)NC2=O. The van der Waals surface area contributed by atoms with Gasteiger partial charge in [-0.25, -0.2) is 13.1 Å². The van der Waals surface area contributed by atoms with Gasteiger partial charge in [-0.3, -0.25) is 4.79 Å². The molecule has 1 aliphatic heterocycles. The molecule has 0 saturated carbocycles. The molecule has 74 valence electrons. The molecule has 6 heteroatoms. The number of sulfonamides is 1. The number of nitrogens with one attached hydrogen (secondary N) is 2. The quantitative estimate of drug-likeness (QED) is 0.695. The highest BCUT2D eigenvalue weighted by Crippen LogP contribution is 2.25. The van der Waals surface area contributed by atoms with E-state index in [4.69, 9.17) is 0 Å². The van der Waals surface area contributed by atoms with E-state index >= 15 is 0 Å². The molecule has 0 fully saturated rings. The molecule has 14 heavy (non-hydrogen) atoms. The molecule has 0 saturated heterocycles. The molecule has 0 spiro atoms. The number of hydrogen-bond acceptors (Lipinski definition) is 4. The fraction of sp³-hybridized carbons (Fsp3) is 0.125. The number of hydrogen-bond donors (Lipinski definition) is 2. The largest absolute Gasteiger partial charge is 0.388 e. The molecular formula is C8H8N2O3S. The van der Waals surface area contributed by atoms with Crippen molar-refractivity contribution in [3.63, 3.8) is 0 Å². The molecule has 5 nitrogen and oxygen atoms in total. The van der Waals surface area contributed by atoms with E-state index in [1.165, 1.54) is 12.1 Å². The van der Waals surface area contributed by atoms with Crippen LogP contribution in [0.2, 0.25) is 0 Å². The fourth-order valence-electron chi connectivity index (χ4n) is 1.32. The van der Waals surface area contributed by atoms with Gasteiger partial charge in [0.05, 0.1) is 5.56 Å². The van der Waals surface area contributed by atoms with Gasteiger partial charge in [-0.15, -0.1) is 0 Å². The zero-order valence-electron chi connectivity index (χ0n) is 7.37. The van der Waals surface area contributed by atoms with Crippen LogP contribution in [0.5, 0.6) is 0 Å². The van der Waals surface area contributed by atoms with Gasteiger partial charge in [0.2, 0.25) is 0 Å². The number of carbonyl (C=O) groups is 1. The molecule has 2 rings (SSSR count). The van der Waals surface area contributed by atoms with Crippen molar-refractivity contribution in [3.05, 3.63) is 23.8 Å². The monoisotopic (exact) mass is 212 g/mol. The molecule has 2 N–H and O–H groups in total. The molecule has 1 heterocycles. The predicted molar refractivity (Wildman–Crippen MR) is 50.6 cm³/mol. The van der Waals surface area contributed by atoms with Crippen LogP contribution in [-0.4, -0.2) is 21.4 Å². The fourth-order valence-corrected chi connectivity index (χ4v) is 2.52. The summed E-state index contributed by atoms with van der Waals surface area (Å²) in [4.78, 5) is 11.2. The van der Waals surface area contributed by atoms with Crippen molar-refractivity contribution >= 4 is 21.6 Å². The Labute approximate surface area is 81.2 Å². The number of rotatable bonds is 1. The van der Waals surface area contributed by atoms with E-state index in [1.54, 1.807) is 13.1 Å². The number of anilines is 1. The Hall–Kier alpha value is -1.56. The van der Waals surface area contributed by atoms with Crippen molar-refractivity contribution in [1.29, 1.82) is 0 Å². The molecule has 1 aromatic carbocycles. The van der Waals surface area contributed by atoms with Gasteiger partial charge < -0.3 is 5.32 Å². The van der Waals surface area contributed by atoms with Crippen molar-refractivity contribution in [3.8, 4) is 0 Å². The Bertz CT molecular complexity index is 507. The van der Waals surface area contributed by atoms with Crippen LogP contribution in [0.15, 0.2) is 23.1 Å². The van der Waals surface area contributed by atoms with Gasteiger partial charge in [0.15, 0.2) is 0 Å². The van der Waals surface area contributed by atoms with E-state index in [9.17, 15) is 13.2 Å². The minimum absolute atomic E-state index is 0.0364. The average Bonchev–Trinajstić information content (AvgIpc) is 2.37. The summed E-state index contributed by atoms with van der Waals surface area (Å²) in [5.41, 5.74) is 0.854. The van der Waals surface area contributed by atoms with Gasteiger partial charge in [-0.2, -0.15) is 0 Å². The summed E-state index contributed by atoms with van der Waals surface area (Å²) in [7, 11) is -1.95. The Balaban J connectivity index is 2.71. The molecule has 0 radical (unpaired) electrons. The smallest absolute Gasteiger partial charge is 0.266 e. The second kappa shape index (κ2) is 2.71. The minimum Gasteiger partial charge on any atom is -0.388 e. The lowest BCUT2D eigenvalue weighted by Crippen LogP contribution is -2.20. The molecule has 0 unspecified atom stereocenters. The van der Waals surface area contributed by atoms with Crippen molar-refractivity contribution in [2.75, 3.05) is 12.4 Å². The van der Waals surface area contributed by atoms with Crippen LogP contribution in [0.1, 0.15) is 10.4 Å². The first-order valence-corrected chi connectivity index (χ1v) is 5.42. The first kappa shape index (κ1) is 9.01. The van der Waals surface area contributed by atoms with Crippen LogP contribution in [0.25, 0.3) is 0 Å². The first-order chi connectivity index (χ1) is 6.54. The molecule has 1 aromatic rings. The minimum atomic E-state index is -3.63. The molecule has 0 aromatic heterocycles. The summed E-state index contributed by atoms with van der Waals surface area (Å²) < 4.78 is 24.7. The van der Waals surface area contributed by atoms with Crippen LogP contribution in [-0.2, 0) is 10.0 Å². The Morgan fingerprint density at radius 1 is 1.36 bits per heavy atom. The highest BCUT2D eigenvalue weighted by molar-refractivity contribution is 7.90. The van der Waals surface area contributed by atoms with E-state index < -0.39 is 15.9 Å². The maximum atomic E-state index is 11.4. The Morgan fingerprint density at radius 2 is 2.07 bits per heavy atom. The van der Waals surface area contributed by atoms with Crippen molar-refractivity contribution in [2.24, 2.45) is 0 Å². The van der Waals surface area contributed by atoms with Crippen LogP contribution in [0.4, 0.5) is 5.69 Å². The zero-order chi connectivity index (χ0) is 10.3.